The highest BCUT2D eigenvalue weighted by Crippen LogP contribution is 2.22. The third-order valence-electron chi connectivity index (χ3n) is 2.36. The molecule has 0 spiro atoms. The Morgan fingerprint density at radius 2 is 2.31 bits per heavy atom. The molecule has 0 amide bonds. The molecule has 13 heavy (non-hydrogen) atoms. The van der Waals surface area contributed by atoms with Gasteiger partial charge >= 0.3 is 5.97 Å². The average molecular weight is 188 g/mol. The molecule has 1 rings (SSSR count). The van der Waals surface area contributed by atoms with Crippen LogP contribution in [-0.4, -0.2) is 34.5 Å². The molecule has 1 aliphatic rings. The van der Waals surface area contributed by atoms with E-state index in [-0.39, 0.29) is 12.5 Å². The lowest BCUT2D eigenvalue weighted by atomic mass is 9.94. The summed E-state index contributed by atoms with van der Waals surface area (Å²) in [5.74, 6) is -1.18. The summed E-state index contributed by atoms with van der Waals surface area (Å²) in [5.41, 5.74) is -1.65. The molecule has 4 heteroatoms. The highest BCUT2D eigenvalue weighted by Gasteiger charge is 2.33. The summed E-state index contributed by atoms with van der Waals surface area (Å²) in [6.07, 6.45) is 3.03. The Morgan fingerprint density at radius 3 is 2.77 bits per heavy atom. The van der Waals surface area contributed by atoms with Crippen molar-refractivity contribution in [1.82, 2.24) is 0 Å². The van der Waals surface area contributed by atoms with Gasteiger partial charge in [-0.05, 0) is 26.2 Å². The molecule has 0 aromatic rings. The Balaban J connectivity index is 2.41. The first-order valence-electron chi connectivity index (χ1n) is 4.60. The van der Waals surface area contributed by atoms with Crippen LogP contribution in [0.15, 0.2) is 0 Å². The number of rotatable bonds is 3. The smallest absolute Gasteiger partial charge is 0.335 e. The summed E-state index contributed by atoms with van der Waals surface area (Å²) in [6.45, 7) is 1.99. The molecule has 0 aliphatic carbocycles. The Kier molecular flexibility index (Phi) is 3.27. The highest BCUT2D eigenvalue weighted by molar-refractivity contribution is 5.76. The van der Waals surface area contributed by atoms with Crippen LogP contribution in [0.3, 0.4) is 0 Å². The fraction of sp³-hybridized carbons (Fsp3) is 0.889. The fourth-order valence-corrected chi connectivity index (χ4v) is 1.50. The SMILES string of the molecule is CC(O)(CC1CCCCO1)C(=O)O. The van der Waals surface area contributed by atoms with Crippen molar-refractivity contribution in [3.8, 4) is 0 Å². The number of ether oxygens (including phenoxy) is 1. The van der Waals surface area contributed by atoms with Gasteiger partial charge in [0, 0.05) is 13.0 Å². The van der Waals surface area contributed by atoms with Crippen molar-refractivity contribution in [2.75, 3.05) is 6.61 Å². The molecular formula is C9H16O4. The molecule has 0 aromatic carbocycles. The fourth-order valence-electron chi connectivity index (χ4n) is 1.50. The normalized spacial score (nSPS) is 28.0. The minimum absolute atomic E-state index is 0.0974. The maximum Gasteiger partial charge on any atom is 0.335 e. The van der Waals surface area contributed by atoms with Gasteiger partial charge in [0.1, 0.15) is 0 Å². The second-order valence-electron chi connectivity index (χ2n) is 3.77. The van der Waals surface area contributed by atoms with E-state index in [1.165, 1.54) is 6.92 Å². The van der Waals surface area contributed by atoms with Crippen LogP contribution in [0.1, 0.15) is 32.6 Å². The van der Waals surface area contributed by atoms with Crippen molar-refractivity contribution < 1.29 is 19.7 Å². The van der Waals surface area contributed by atoms with Gasteiger partial charge in [0.15, 0.2) is 5.60 Å². The van der Waals surface area contributed by atoms with Crippen molar-refractivity contribution in [1.29, 1.82) is 0 Å². The molecule has 0 aromatic heterocycles. The maximum atomic E-state index is 10.6. The van der Waals surface area contributed by atoms with Crippen LogP contribution < -0.4 is 0 Å². The van der Waals surface area contributed by atoms with E-state index in [4.69, 9.17) is 9.84 Å². The highest BCUT2D eigenvalue weighted by atomic mass is 16.5. The quantitative estimate of drug-likeness (QED) is 0.686. The van der Waals surface area contributed by atoms with Crippen molar-refractivity contribution in [3.05, 3.63) is 0 Å². The number of aliphatic hydroxyl groups is 1. The zero-order valence-electron chi connectivity index (χ0n) is 7.82. The van der Waals surface area contributed by atoms with Gasteiger partial charge in [0.05, 0.1) is 6.10 Å². The van der Waals surface area contributed by atoms with Crippen molar-refractivity contribution in [2.45, 2.75) is 44.3 Å². The number of aliphatic carboxylic acids is 1. The van der Waals surface area contributed by atoms with Gasteiger partial charge in [0.2, 0.25) is 0 Å². The monoisotopic (exact) mass is 188 g/mol. The Labute approximate surface area is 77.5 Å². The zero-order valence-corrected chi connectivity index (χ0v) is 7.82. The largest absolute Gasteiger partial charge is 0.479 e. The summed E-state index contributed by atoms with van der Waals surface area (Å²) < 4.78 is 5.34. The molecular weight excluding hydrogens is 172 g/mol. The van der Waals surface area contributed by atoms with E-state index < -0.39 is 11.6 Å². The van der Waals surface area contributed by atoms with E-state index in [1.54, 1.807) is 0 Å². The minimum Gasteiger partial charge on any atom is -0.479 e. The first-order valence-corrected chi connectivity index (χ1v) is 4.60. The van der Waals surface area contributed by atoms with Gasteiger partial charge in [-0.15, -0.1) is 0 Å². The van der Waals surface area contributed by atoms with Gasteiger partial charge in [-0.1, -0.05) is 0 Å². The van der Waals surface area contributed by atoms with Crippen LogP contribution in [0.5, 0.6) is 0 Å². The predicted octanol–water partition coefficient (Wildman–Crippen LogP) is 0.781. The van der Waals surface area contributed by atoms with Gasteiger partial charge in [0.25, 0.3) is 0 Å². The Bertz CT molecular complexity index is 182. The number of carbonyl (C=O) groups is 1. The van der Waals surface area contributed by atoms with Gasteiger partial charge in [-0.2, -0.15) is 0 Å². The summed E-state index contributed by atoms with van der Waals surface area (Å²) in [6, 6.07) is 0. The Morgan fingerprint density at radius 1 is 1.62 bits per heavy atom. The molecule has 76 valence electrons. The number of carboxylic acid groups (broad SMARTS) is 1. The van der Waals surface area contributed by atoms with Crippen LogP contribution in [-0.2, 0) is 9.53 Å². The molecule has 2 N–H and O–H groups in total. The van der Waals surface area contributed by atoms with Crippen molar-refractivity contribution >= 4 is 5.97 Å². The Hall–Kier alpha value is -0.610. The van der Waals surface area contributed by atoms with E-state index in [9.17, 15) is 9.90 Å². The third kappa shape index (κ3) is 2.97. The van der Waals surface area contributed by atoms with Crippen LogP contribution in [0.25, 0.3) is 0 Å². The van der Waals surface area contributed by atoms with Crippen molar-refractivity contribution in [2.24, 2.45) is 0 Å². The molecule has 1 fully saturated rings. The summed E-state index contributed by atoms with van der Waals surface area (Å²) in [7, 11) is 0. The maximum absolute atomic E-state index is 10.6. The topological polar surface area (TPSA) is 66.8 Å². The van der Waals surface area contributed by atoms with Crippen LogP contribution in [0.4, 0.5) is 0 Å². The lowest BCUT2D eigenvalue weighted by Gasteiger charge is -2.27. The van der Waals surface area contributed by atoms with E-state index in [0.29, 0.717) is 6.61 Å². The van der Waals surface area contributed by atoms with Crippen LogP contribution >= 0.6 is 0 Å². The second kappa shape index (κ2) is 4.07. The van der Waals surface area contributed by atoms with Gasteiger partial charge in [-0.25, -0.2) is 4.79 Å². The molecule has 4 nitrogen and oxygen atoms in total. The van der Waals surface area contributed by atoms with E-state index in [1.807, 2.05) is 0 Å². The molecule has 1 heterocycles. The van der Waals surface area contributed by atoms with Gasteiger partial charge < -0.3 is 14.9 Å². The number of hydrogen-bond donors (Lipinski definition) is 2. The molecule has 0 bridgehead atoms. The van der Waals surface area contributed by atoms with E-state index in [0.717, 1.165) is 19.3 Å². The molecule has 0 radical (unpaired) electrons. The summed E-state index contributed by atoms with van der Waals surface area (Å²) >= 11 is 0. The number of carboxylic acids is 1. The molecule has 1 aliphatic heterocycles. The van der Waals surface area contributed by atoms with Crippen molar-refractivity contribution in [3.63, 3.8) is 0 Å². The summed E-state index contributed by atoms with van der Waals surface area (Å²) in [5, 5.41) is 18.1. The molecule has 2 atom stereocenters. The minimum atomic E-state index is -1.65. The lowest BCUT2D eigenvalue weighted by Crippen LogP contribution is -2.40. The van der Waals surface area contributed by atoms with Crippen LogP contribution in [0.2, 0.25) is 0 Å². The lowest BCUT2D eigenvalue weighted by molar-refractivity contribution is -0.161. The number of hydrogen-bond acceptors (Lipinski definition) is 3. The first kappa shape index (κ1) is 10.5. The van der Waals surface area contributed by atoms with E-state index in [2.05, 4.69) is 0 Å². The zero-order chi connectivity index (χ0) is 9.90. The first-order chi connectivity index (χ1) is 6.02. The van der Waals surface area contributed by atoms with E-state index >= 15 is 0 Å². The average Bonchev–Trinajstić information content (AvgIpc) is 2.05. The standard InChI is InChI=1S/C9H16O4/c1-9(12,8(10)11)6-7-4-2-3-5-13-7/h7,12H,2-6H2,1H3,(H,10,11). The third-order valence-corrected chi connectivity index (χ3v) is 2.36. The van der Waals surface area contributed by atoms with Crippen LogP contribution in [0, 0.1) is 0 Å². The molecule has 1 saturated heterocycles. The van der Waals surface area contributed by atoms with Gasteiger partial charge in [-0.3, -0.25) is 0 Å². The second-order valence-corrected chi connectivity index (χ2v) is 3.77. The predicted molar refractivity (Wildman–Crippen MR) is 46.5 cm³/mol. The summed E-state index contributed by atoms with van der Waals surface area (Å²) in [4.78, 5) is 10.6. The molecule has 0 saturated carbocycles. The molecule has 2 unspecified atom stereocenters.